The number of allylic oxidation sites excluding steroid dienone is 3. The van der Waals surface area contributed by atoms with Crippen LogP contribution in [0.1, 0.15) is 25.0 Å². The van der Waals surface area contributed by atoms with Gasteiger partial charge in [0.2, 0.25) is 10.0 Å². The van der Waals surface area contributed by atoms with Crippen molar-refractivity contribution in [1.29, 1.82) is 0 Å². The van der Waals surface area contributed by atoms with E-state index in [2.05, 4.69) is 11.3 Å². The predicted octanol–water partition coefficient (Wildman–Crippen LogP) is 3.35. The van der Waals surface area contributed by atoms with Gasteiger partial charge in [0, 0.05) is 5.69 Å². The highest BCUT2D eigenvalue weighted by molar-refractivity contribution is 7.92. The van der Waals surface area contributed by atoms with Crippen LogP contribution in [0, 0.1) is 6.92 Å². The largest absolute Gasteiger partial charge is 0.284 e. The molecular weight excluding hydrogens is 246 g/mol. The summed E-state index contributed by atoms with van der Waals surface area (Å²) in [5, 5.41) is 0. The zero-order valence-electron chi connectivity index (χ0n) is 11.2. The number of rotatable bonds is 4. The lowest BCUT2D eigenvalue weighted by Gasteiger charge is -2.11. The molecule has 1 rings (SSSR count). The maximum Gasteiger partial charge on any atom is 0.229 e. The lowest BCUT2D eigenvalue weighted by atomic mass is 9.97. The van der Waals surface area contributed by atoms with Crippen LogP contribution in [-0.2, 0) is 10.0 Å². The molecule has 0 fully saturated rings. The van der Waals surface area contributed by atoms with E-state index in [9.17, 15) is 8.42 Å². The van der Waals surface area contributed by atoms with Crippen LogP contribution in [0.5, 0.6) is 0 Å². The zero-order chi connectivity index (χ0) is 13.9. The Balaban J connectivity index is 3.19. The molecule has 0 spiro atoms. The van der Waals surface area contributed by atoms with E-state index < -0.39 is 10.0 Å². The fourth-order valence-corrected chi connectivity index (χ4v) is 2.28. The number of sulfonamides is 1. The molecule has 98 valence electrons. The molecule has 0 bridgehead atoms. The topological polar surface area (TPSA) is 46.2 Å². The maximum absolute atomic E-state index is 11.2. The van der Waals surface area contributed by atoms with Gasteiger partial charge in [-0.2, -0.15) is 0 Å². The summed E-state index contributed by atoms with van der Waals surface area (Å²) < 4.78 is 24.8. The van der Waals surface area contributed by atoms with Crippen LogP contribution >= 0.6 is 0 Å². The van der Waals surface area contributed by atoms with Gasteiger partial charge in [-0.3, -0.25) is 4.72 Å². The van der Waals surface area contributed by atoms with Gasteiger partial charge in [0.1, 0.15) is 0 Å². The standard InChI is InChI=1S/C14H19NO2S/c1-6-10(2)12(4)14-8-7-13(9-11(14)3)15-18(5,16)17/h6-9,15H,1H2,2-5H3. The lowest BCUT2D eigenvalue weighted by Crippen LogP contribution is -2.09. The number of hydrogen-bond donors (Lipinski definition) is 1. The minimum atomic E-state index is -3.23. The fourth-order valence-electron chi connectivity index (χ4n) is 1.73. The summed E-state index contributed by atoms with van der Waals surface area (Å²) in [5.41, 5.74) is 4.98. The summed E-state index contributed by atoms with van der Waals surface area (Å²) in [4.78, 5) is 0. The molecule has 18 heavy (non-hydrogen) atoms. The molecule has 4 heteroatoms. The van der Waals surface area contributed by atoms with Gasteiger partial charge in [-0.05, 0) is 55.2 Å². The molecule has 0 heterocycles. The second kappa shape index (κ2) is 5.40. The molecule has 1 N–H and O–H groups in total. The van der Waals surface area contributed by atoms with E-state index in [1.165, 1.54) is 0 Å². The summed E-state index contributed by atoms with van der Waals surface area (Å²) in [6.07, 6.45) is 2.96. The second-order valence-electron chi connectivity index (χ2n) is 4.42. The van der Waals surface area contributed by atoms with Crippen molar-refractivity contribution in [3.63, 3.8) is 0 Å². The summed E-state index contributed by atoms with van der Waals surface area (Å²) >= 11 is 0. The molecule has 0 amide bonds. The van der Waals surface area contributed by atoms with E-state index in [4.69, 9.17) is 0 Å². The van der Waals surface area contributed by atoms with Gasteiger partial charge >= 0.3 is 0 Å². The Morgan fingerprint density at radius 3 is 2.39 bits per heavy atom. The first-order valence-corrected chi connectivity index (χ1v) is 7.52. The van der Waals surface area contributed by atoms with Gasteiger partial charge in [0.25, 0.3) is 0 Å². The van der Waals surface area contributed by atoms with Crippen molar-refractivity contribution >= 4 is 21.3 Å². The van der Waals surface area contributed by atoms with E-state index in [1.807, 2.05) is 39.0 Å². The zero-order valence-corrected chi connectivity index (χ0v) is 12.1. The molecular formula is C14H19NO2S. The van der Waals surface area contributed by atoms with E-state index in [1.54, 1.807) is 6.07 Å². The molecule has 1 aromatic rings. The molecule has 0 aromatic heterocycles. The van der Waals surface area contributed by atoms with E-state index in [-0.39, 0.29) is 0 Å². The molecule has 0 radical (unpaired) electrons. The van der Waals surface area contributed by atoms with Gasteiger partial charge in [0.15, 0.2) is 0 Å². The quantitative estimate of drug-likeness (QED) is 0.849. The van der Waals surface area contributed by atoms with Gasteiger partial charge in [-0.15, -0.1) is 0 Å². The van der Waals surface area contributed by atoms with Crippen LogP contribution in [0.2, 0.25) is 0 Å². The minimum Gasteiger partial charge on any atom is -0.284 e. The van der Waals surface area contributed by atoms with Crippen LogP contribution in [0.25, 0.3) is 5.57 Å². The first-order chi connectivity index (χ1) is 8.24. The number of benzene rings is 1. The van der Waals surface area contributed by atoms with Crippen molar-refractivity contribution in [2.45, 2.75) is 20.8 Å². The first kappa shape index (κ1) is 14.5. The third-order valence-electron chi connectivity index (χ3n) is 2.83. The molecule has 0 atom stereocenters. The first-order valence-electron chi connectivity index (χ1n) is 5.63. The molecule has 3 nitrogen and oxygen atoms in total. The van der Waals surface area contributed by atoms with Crippen molar-refractivity contribution in [1.82, 2.24) is 0 Å². The van der Waals surface area contributed by atoms with Crippen LogP contribution in [0.15, 0.2) is 36.4 Å². The summed E-state index contributed by atoms with van der Waals surface area (Å²) in [7, 11) is -3.23. The highest BCUT2D eigenvalue weighted by Crippen LogP contribution is 2.25. The predicted molar refractivity (Wildman–Crippen MR) is 78.1 cm³/mol. The fraction of sp³-hybridized carbons (Fsp3) is 0.286. The van der Waals surface area contributed by atoms with E-state index in [0.717, 1.165) is 28.5 Å². The number of aryl methyl sites for hydroxylation is 1. The van der Waals surface area contributed by atoms with E-state index >= 15 is 0 Å². The molecule has 0 saturated heterocycles. The van der Waals surface area contributed by atoms with Crippen molar-refractivity contribution < 1.29 is 8.42 Å². The van der Waals surface area contributed by atoms with Crippen LogP contribution in [-0.4, -0.2) is 14.7 Å². The van der Waals surface area contributed by atoms with Crippen LogP contribution in [0.4, 0.5) is 5.69 Å². The van der Waals surface area contributed by atoms with Gasteiger partial charge in [-0.1, -0.05) is 18.7 Å². The number of nitrogens with one attached hydrogen (secondary N) is 1. The Kier molecular flexibility index (Phi) is 4.35. The Morgan fingerprint density at radius 2 is 1.94 bits per heavy atom. The van der Waals surface area contributed by atoms with E-state index in [0.29, 0.717) is 5.69 Å². The highest BCUT2D eigenvalue weighted by Gasteiger charge is 2.06. The Labute approximate surface area is 109 Å². The van der Waals surface area contributed by atoms with Crippen LogP contribution in [0.3, 0.4) is 0 Å². The van der Waals surface area contributed by atoms with Crippen molar-refractivity contribution in [3.8, 4) is 0 Å². The highest BCUT2D eigenvalue weighted by atomic mass is 32.2. The number of hydrogen-bond acceptors (Lipinski definition) is 2. The monoisotopic (exact) mass is 265 g/mol. The summed E-state index contributed by atoms with van der Waals surface area (Å²) in [5.74, 6) is 0. The Hall–Kier alpha value is -1.55. The van der Waals surface area contributed by atoms with Gasteiger partial charge < -0.3 is 0 Å². The SMILES string of the molecule is C=CC(C)=C(C)c1ccc(NS(C)(=O)=O)cc1C. The normalized spacial score (nSPS) is 12.9. The average Bonchev–Trinajstić information content (AvgIpc) is 2.25. The molecule has 0 aliphatic heterocycles. The van der Waals surface area contributed by atoms with Crippen molar-refractivity contribution in [3.05, 3.63) is 47.6 Å². The van der Waals surface area contributed by atoms with Crippen molar-refractivity contribution in [2.75, 3.05) is 11.0 Å². The number of anilines is 1. The summed E-state index contributed by atoms with van der Waals surface area (Å²) in [6, 6.07) is 5.52. The second-order valence-corrected chi connectivity index (χ2v) is 6.16. The Bertz CT molecular complexity index is 598. The smallest absolute Gasteiger partial charge is 0.229 e. The van der Waals surface area contributed by atoms with Crippen LogP contribution < -0.4 is 4.72 Å². The Morgan fingerprint density at radius 1 is 1.33 bits per heavy atom. The molecule has 1 aromatic carbocycles. The van der Waals surface area contributed by atoms with Gasteiger partial charge in [0.05, 0.1) is 6.26 Å². The third-order valence-corrected chi connectivity index (χ3v) is 3.44. The molecule has 0 unspecified atom stereocenters. The maximum atomic E-state index is 11.2. The molecule has 0 aliphatic rings. The molecule has 0 saturated carbocycles. The lowest BCUT2D eigenvalue weighted by molar-refractivity contribution is 0.607. The average molecular weight is 265 g/mol. The summed E-state index contributed by atoms with van der Waals surface area (Å²) in [6.45, 7) is 9.75. The molecule has 0 aliphatic carbocycles. The minimum absolute atomic E-state index is 0.586. The van der Waals surface area contributed by atoms with Gasteiger partial charge in [-0.25, -0.2) is 8.42 Å². The third kappa shape index (κ3) is 3.74. The van der Waals surface area contributed by atoms with Crippen molar-refractivity contribution in [2.24, 2.45) is 0 Å².